The standard InChI is InChI=1S/C23H29N7O5/c1-12(24)20(31)28-13(2)21(32)29-18(8-15-10-25-11-27-15)22(33)30-19(23(34)35)7-14-9-26-17-6-4-3-5-16(14)17/h3-6,9-13,18-19,26H,7-8,24H2,1-2H3,(H,25,27)(H,28,31)(H,29,32)(H,30,33)(H,34,35). The van der Waals surface area contributed by atoms with Gasteiger partial charge in [0.25, 0.3) is 0 Å². The van der Waals surface area contributed by atoms with E-state index in [9.17, 15) is 24.3 Å². The average Bonchev–Trinajstić information content (AvgIpc) is 3.48. The largest absolute Gasteiger partial charge is 0.480 e. The SMILES string of the molecule is CC(N)C(=O)NC(C)C(=O)NC(Cc1cnc[nH]1)C(=O)NC(Cc1c[nH]c2ccccc12)C(=O)O. The summed E-state index contributed by atoms with van der Waals surface area (Å²) < 4.78 is 0. The van der Waals surface area contributed by atoms with Gasteiger partial charge in [-0.2, -0.15) is 0 Å². The molecule has 3 amide bonds. The molecule has 2 aromatic heterocycles. The third kappa shape index (κ3) is 6.67. The maximum absolute atomic E-state index is 13.1. The summed E-state index contributed by atoms with van der Waals surface area (Å²) >= 11 is 0. The molecule has 4 atom stereocenters. The van der Waals surface area contributed by atoms with E-state index in [0.717, 1.165) is 16.5 Å². The van der Waals surface area contributed by atoms with Crippen LogP contribution in [0.4, 0.5) is 0 Å². The molecule has 1 aromatic carbocycles. The minimum absolute atomic E-state index is 0.0327. The Morgan fingerprint density at radius 3 is 2.34 bits per heavy atom. The Balaban J connectivity index is 1.74. The molecule has 0 spiro atoms. The van der Waals surface area contributed by atoms with Crippen molar-refractivity contribution in [3.05, 3.63) is 54.2 Å². The minimum atomic E-state index is -1.24. The van der Waals surface area contributed by atoms with Crippen molar-refractivity contribution in [1.29, 1.82) is 0 Å². The number of amides is 3. The summed E-state index contributed by atoms with van der Waals surface area (Å²) in [5.74, 6) is -3.05. The van der Waals surface area contributed by atoms with Crippen LogP contribution in [0.25, 0.3) is 10.9 Å². The molecule has 3 aromatic rings. The molecule has 8 N–H and O–H groups in total. The maximum Gasteiger partial charge on any atom is 0.326 e. The first kappa shape index (κ1) is 25.4. The summed E-state index contributed by atoms with van der Waals surface area (Å²) in [6.07, 6.45) is 4.70. The Bertz CT molecular complexity index is 1190. The fourth-order valence-corrected chi connectivity index (χ4v) is 3.53. The van der Waals surface area contributed by atoms with Crippen molar-refractivity contribution in [1.82, 2.24) is 30.9 Å². The lowest BCUT2D eigenvalue weighted by molar-refractivity contribution is -0.142. The molecular formula is C23H29N7O5. The lowest BCUT2D eigenvalue weighted by Gasteiger charge is -2.23. The highest BCUT2D eigenvalue weighted by molar-refractivity contribution is 5.94. The quantitative estimate of drug-likeness (QED) is 0.192. The second-order valence-electron chi connectivity index (χ2n) is 8.32. The smallest absolute Gasteiger partial charge is 0.326 e. The zero-order chi connectivity index (χ0) is 25.5. The number of aliphatic carboxylic acids is 1. The van der Waals surface area contributed by atoms with E-state index in [1.807, 2.05) is 24.3 Å². The van der Waals surface area contributed by atoms with Crippen LogP contribution in [-0.2, 0) is 32.0 Å². The monoisotopic (exact) mass is 483 g/mol. The van der Waals surface area contributed by atoms with Crippen LogP contribution in [0.3, 0.4) is 0 Å². The lowest BCUT2D eigenvalue weighted by atomic mass is 10.0. The molecule has 0 fully saturated rings. The zero-order valence-corrected chi connectivity index (χ0v) is 19.4. The van der Waals surface area contributed by atoms with Gasteiger partial charge in [0.2, 0.25) is 17.7 Å². The van der Waals surface area contributed by atoms with Gasteiger partial charge in [0, 0.05) is 41.8 Å². The summed E-state index contributed by atoms with van der Waals surface area (Å²) in [7, 11) is 0. The summed E-state index contributed by atoms with van der Waals surface area (Å²) in [4.78, 5) is 59.4. The first-order valence-corrected chi connectivity index (χ1v) is 11.1. The summed E-state index contributed by atoms with van der Waals surface area (Å²) in [5.41, 5.74) is 7.66. The number of carboxylic acid groups (broad SMARTS) is 1. The number of carbonyl (C=O) groups is 4. The fourth-order valence-electron chi connectivity index (χ4n) is 3.53. The molecule has 3 rings (SSSR count). The Morgan fingerprint density at radius 1 is 0.971 bits per heavy atom. The molecule has 0 saturated heterocycles. The van der Waals surface area contributed by atoms with E-state index in [-0.39, 0.29) is 12.8 Å². The second-order valence-corrected chi connectivity index (χ2v) is 8.32. The molecule has 0 saturated carbocycles. The van der Waals surface area contributed by atoms with Crippen LogP contribution in [-0.4, -0.2) is 67.9 Å². The minimum Gasteiger partial charge on any atom is -0.480 e. The first-order valence-electron chi connectivity index (χ1n) is 11.1. The number of aromatic nitrogens is 3. The molecule has 0 bridgehead atoms. The molecule has 4 unspecified atom stereocenters. The number of nitrogens with one attached hydrogen (secondary N) is 5. The molecule has 2 heterocycles. The van der Waals surface area contributed by atoms with Crippen LogP contribution < -0.4 is 21.7 Å². The Hall–Kier alpha value is -4.19. The molecule has 186 valence electrons. The van der Waals surface area contributed by atoms with Crippen LogP contribution in [0, 0.1) is 0 Å². The number of nitrogens with zero attached hydrogens (tertiary/aromatic N) is 1. The van der Waals surface area contributed by atoms with Crippen LogP contribution >= 0.6 is 0 Å². The molecule has 12 nitrogen and oxygen atoms in total. The van der Waals surface area contributed by atoms with Gasteiger partial charge in [0.15, 0.2) is 0 Å². The number of para-hydroxylation sites is 1. The number of benzene rings is 1. The Morgan fingerprint density at radius 2 is 1.69 bits per heavy atom. The number of carboxylic acids is 1. The van der Waals surface area contributed by atoms with E-state index in [0.29, 0.717) is 5.69 Å². The highest BCUT2D eigenvalue weighted by Crippen LogP contribution is 2.19. The number of hydrogen-bond acceptors (Lipinski definition) is 6. The maximum atomic E-state index is 13.1. The molecule has 0 aliphatic rings. The number of H-pyrrole nitrogens is 2. The van der Waals surface area contributed by atoms with E-state index in [4.69, 9.17) is 5.73 Å². The van der Waals surface area contributed by atoms with Gasteiger partial charge in [-0.15, -0.1) is 0 Å². The van der Waals surface area contributed by atoms with Gasteiger partial charge in [-0.25, -0.2) is 9.78 Å². The van der Waals surface area contributed by atoms with Crippen LogP contribution in [0.5, 0.6) is 0 Å². The number of nitrogens with two attached hydrogens (primary N) is 1. The van der Waals surface area contributed by atoms with Crippen molar-refractivity contribution in [2.75, 3.05) is 0 Å². The third-order valence-electron chi connectivity index (χ3n) is 5.49. The van der Waals surface area contributed by atoms with Gasteiger partial charge < -0.3 is 36.8 Å². The van der Waals surface area contributed by atoms with E-state index in [1.165, 1.54) is 26.4 Å². The lowest BCUT2D eigenvalue weighted by Crippen LogP contribution is -2.57. The first-order chi connectivity index (χ1) is 16.7. The predicted octanol–water partition coefficient (Wildman–Crippen LogP) is -0.418. The van der Waals surface area contributed by atoms with Crippen molar-refractivity contribution < 1.29 is 24.3 Å². The molecule has 0 radical (unpaired) electrons. The predicted molar refractivity (Wildman–Crippen MR) is 127 cm³/mol. The van der Waals surface area contributed by atoms with Gasteiger partial charge in [-0.05, 0) is 25.5 Å². The van der Waals surface area contributed by atoms with Crippen molar-refractivity contribution in [2.45, 2.75) is 50.9 Å². The summed E-state index contributed by atoms with van der Waals surface area (Å²) in [5, 5.41) is 18.2. The van der Waals surface area contributed by atoms with Gasteiger partial charge in [-0.3, -0.25) is 14.4 Å². The fraction of sp³-hybridized carbons (Fsp3) is 0.348. The molecular weight excluding hydrogens is 454 g/mol. The summed E-state index contributed by atoms with van der Waals surface area (Å²) in [6.45, 7) is 2.94. The number of rotatable bonds is 11. The summed E-state index contributed by atoms with van der Waals surface area (Å²) in [6, 6.07) is 3.30. The second kappa shape index (κ2) is 11.3. The number of imidazole rings is 1. The molecule has 0 aliphatic heterocycles. The van der Waals surface area contributed by atoms with Crippen LogP contribution in [0.1, 0.15) is 25.1 Å². The average molecular weight is 484 g/mol. The Kier molecular flexibility index (Phi) is 8.21. The third-order valence-corrected chi connectivity index (χ3v) is 5.49. The van der Waals surface area contributed by atoms with Crippen LogP contribution in [0.2, 0.25) is 0 Å². The van der Waals surface area contributed by atoms with Crippen molar-refractivity contribution in [2.24, 2.45) is 5.73 Å². The van der Waals surface area contributed by atoms with Crippen molar-refractivity contribution >= 4 is 34.6 Å². The van der Waals surface area contributed by atoms with E-state index in [2.05, 4.69) is 30.9 Å². The van der Waals surface area contributed by atoms with E-state index < -0.39 is 47.9 Å². The van der Waals surface area contributed by atoms with Gasteiger partial charge in [0.1, 0.15) is 18.1 Å². The number of aromatic amines is 2. The zero-order valence-electron chi connectivity index (χ0n) is 19.4. The van der Waals surface area contributed by atoms with Crippen LogP contribution in [0.15, 0.2) is 43.0 Å². The van der Waals surface area contributed by atoms with Gasteiger partial charge in [-0.1, -0.05) is 18.2 Å². The van der Waals surface area contributed by atoms with Crippen molar-refractivity contribution in [3.63, 3.8) is 0 Å². The topological polar surface area (TPSA) is 195 Å². The number of hydrogen-bond donors (Lipinski definition) is 7. The number of fused-ring (bicyclic) bond motifs is 1. The van der Waals surface area contributed by atoms with Crippen molar-refractivity contribution in [3.8, 4) is 0 Å². The number of carbonyl (C=O) groups excluding carboxylic acids is 3. The van der Waals surface area contributed by atoms with Gasteiger partial charge >= 0.3 is 5.97 Å². The van der Waals surface area contributed by atoms with E-state index >= 15 is 0 Å². The van der Waals surface area contributed by atoms with Gasteiger partial charge in [0.05, 0.1) is 12.4 Å². The highest BCUT2D eigenvalue weighted by atomic mass is 16.4. The normalized spacial score (nSPS) is 14.5. The molecule has 35 heavy (non-hydrogen) atoms. The van der Waals surface area contributed by atoms with E-state index in [1.54, 1.807) is 6.20 Å². The molecule has 12 heteroatoms. The Labute approximate surface area is 201 Å². The molecule has 0 aliphatic carbocycles. The highest BCUT2D eigenvalue weighted by Gasteiger charge is 2.29.